The van der Waals surface area contributed by atoms with Crippen molar-refractivity contribution in [2.45, 2.75) is 32.6 Å². The summed E-state index contributed by atoms with van der Waals surface area (Å²) in [6.07, 6.45) is 3.23. The summed E-state index contributed by atoms with van der Waals surface area (Å²) in [6, 6.07) is 0. The summed E-state index contributed by atoms with van der Waals surface area (Å²) in [5, 5.41) is 0.307. The summed E-state index contributed by atoms with van der Waals surface area (Å²) < 4.78 is 4.87. The number of nitrogens with zero attached hydrogens (tertiary/aromatic N) is 1. The number of aromatic nitrogens is 1. The molecule has 86 valence electrons. The van der Waals surface area contributed by atoms with Crippen LogP contribution in [0.15, 0.2) is 0 Å². The first kappa shape index (κ1) is 11.3. The number of hydrogen-bond acceptors (Lipinski definition) is 5. The van der Waals surface area contributed by atoms with Crippen LogP contribution in [0.25, 0.3) is 0 Å². The van der Waals surface area contributed by atoms with Crippen molar-refractivity contribution < 1.29 is 14.3 Å². The van der Waals surface area contributed by atoms with E-state index in [0.29, 0.717) is 22.9 Å². The second kappa shape index (κ2) is 4.74. The molecule has 0 saturated heterocycles. The fourth-order valence-electron chi connectivity index (χ4n) is 1.71. The van der Waals surface area contributed by atoms with Crippen molar-refractivity contribution in [1.82, 2.24) is 4.98 Å². The second-order valence-corrected chi connectivity index (χ2v) is 4.64. The first-order chi connectivity index (χ1) is 7.72. The fraction of sp³-hybridized carbons (Fsp3) is 0.545. The van der Waals surface area contributed by atoms with Gasteiger partial charge in [0.2, 0.25) is 5.01 Å². The molecular weight excluding hydrogens is 226 g/mol. The fourth-order valence-corrected chi connectivity index (χ4v) is 2.68. The maximum atomic E-state index is 11.7. The van der Waals surface area contributed by atoms with E-state index in [1.165, 1.54) is 11.3 Å². The first-order valence-electron chi connectivity index (χ1n) is 5.42. The predicted molar refractivity (Wildman–Crippen MR) is 60.0 cm³/mol. The van der Waals surface area contributed by atoms with Crippen LogP contribution in [0.2, 0.25) is 0 Å². The van der Waals surface area contributed by atoms with Crippen molar-refractivity contribution in [2.24, 2.45) is 0 Å². The number of thiazole rings is 1. The lowest BCUT2D eigenvalue weighted by Crippen LogP contribution is -2.04. The van der Waals surface area contributed by atoms with Crippen LogP contribution in [-0.4, -0.2) is 23.3 Å². The zero-order valence-electron chi connectivity index (χ0n) is 9.12. The molecule has 1 aliphatic carbocycles. The van der Waals surface area contributed by atoms with Gasteiger partial charge in [-0.3, -0.25) is 4.79 Å². The molecule has 0 N–H and O–H groups in total. The zero-order chi connectivity index (χ0) is 11.5. The summed E-state index contributed by atoms with van der Waals surface area (Å²) in [6.45, 7) is 2.08. The topological polar surface area (TPSA) is 56.3 Å². The van der Waals surface area contributed by atoms with Crippen LogP contribution in [0.5, 0.6) is 0 Å². The monoisotopic (exact) mass is 239 g/mol. The summed E-state index contributed by atoms with van der Waals surface area (Å²) in [5.74, 6) is -0.311. The Balaban J connectivity index is 2.29. The standard InChI is InChI=1S/C11H13NO3S/c1-2-15-11(14)10-12-7-5-3-4-6-8(13)9(7)16-10/h2-6H2,1H3. The zero-order valence-corrected chi connectivity index (χ0v) is 9.93. The van der Waals surface area contributed by atoms with Gasteiger partial charge < -0.3 is 4.74 Å². The van der Waals surface area contributed by atoms with Crippen LogP contribution in [-0.2, 0) is 11.2 Å². The number of ketones is 1. The number of ether oxygens (including phenoxy) is 1. The molecule has 1 aromatic rings. The van der Waals surface area contributed by atoms with Gasteiger partial charge in [0.25, 0.3) is 0 Å². The van der Waals surface area contributed by atoms with E-state index in [4.69, 9.17) is 4.74 Å². The van der Waals surface area contributed by atoms with Gasteiger partial charge in [-0.25, -0.2) is 9.78 Å². The maximum absolute atomic E-state index is 11.7. The summed E-state index contributed by atoms with van der Waals surface area (Å²) in [4.78, 5) is 28.0. The Labute approximate surface area is 97.6 Å². The van der Waals surface area contributed by atoms with Gasteiger partial charge in [0, 0.05) is 6.42 Å². The third-order valence-electron chi connectivity index (χ3n) is 2.47. The van der Waals surface area contributed by atoms with Crippen LogP contribution >= 0.6 is 11.3 Å². The average molecular weight is 239 g/mol. The minimum Gasteiger partial charge on any atom is -0.461 e. The highest BCUT2D eigenvalue weighted by Gasteiger charge is 2.23. The minimum atomic E-state index is -0.423. The molecule has 0 atom stereocenters. The Kier molecular flexibility index (Phi) is 3.33. The molecule has 0 aliphatic heterocycles. The van der Waals surface area contributed by atoms with E-state index in [2.05, 4.69) is 4.98 Å². The van der Waals surface area contributed by atoms with Gasteiger partial charge in [0.15, 0.2) is 5.78 Å². The van der Waals surface area contributed by atoms with E-state index in [-0.39, 0.29) is 5.78 Å². The molecule has 0 bridgehead atoms. The number of rotatable bonds is 2. The molecule has 0 unspecified atom stereocenters. The normalized spacial score (nSPS) is 15.4. The van der Waals surface area contributed by atoms with Crippen LogP contribution in [0.1, 0.15) is 51.4 Å². The van der Waals surface area contributed by atoms with E-state index in [1.807, 2.05) is 0 Å². The number of fused-ring (bicyclic) bond motifs is 1. The third-order valence-corrected chi connectivity index (χ3v) is 3.59. The lowest BCUT2D eigenvalue weighted by Gasteiger charge is -1.96. The quantitative estimate of drug-likeness (QED) is 0.586. The van der Waals surface area contributed by atoms with E-state index in [9.17, 15) is 9.59 Å². The number of esters is 1. The second-order valence-electron chi connectivity index (χ2n) is 3.65. The van der Waals surface area contributed by atoms with Crippen LogP contribution in [0, 0.1) is 0 Å². The van der Waals surface area contributed by atoms with Gasteiger partial charge in [-0.1, -0.05) is 0 Å². The molecule has 1 heterocycles. The summed E-state index contributed by atoms with van der Waals surface area (Å²) in [5.41, 5.74) is 0.774. The molecule has 0 saturated carbocycles. The number of hydrogen-bond donors (Lipinski definition) is 0. The molecule has 16 heavy (non-hydrogen) atoms. The highest BCUT2D eigenvalue weighted by molar-refractivity contribution is 7.15. The molecule has 1 aromatic heterocycles. The summed E-state index contributed by atoms with van der Waals surface area (Å²) >= 11 is 1.17. The maximum Gasteiger partial charge on any atom is 0.367 e. The number of carbonyl (C=O) groups excluding carboxylic acids is 2. The molecule has 5 heteroatoms. The van der Waals surface area contributed by atoms with Crippen molar-refractivity contribution in [1.29, 1.82) is 0 Å². The molecule has 0 spiro atoms. The third kappa shape index (κ3) is 2.14. The smallest absolute Gasteiger partial charge is 0.367 e. The molecule has 4 nitrogen and oxygen atoms in total. The Morgan fingerprint density at radius 2 is 2.19 bits per heavy atom. The van der Waals surface area contributed by atoms with Gasteiger partial charge >= 0.3 is 5.97 Å². The lowest BCUT2D eigenvalue weighted by molar-refractivity contribution is 0.0525. The van der Waals surface area contributed by atoms with Gasteiger partial charge in [0.1, 0.15) is 0 Å². The molecule has 2 rings (SSSR count). The van der Waals surface area contributed by atoms with E-state index in [1.54, 1.807) is 6.92 Å². The largest absolute Gasteiger partial charge is 0.461 e. The number of Topliss-reactive ketones (excluding diaryl/α,β-unsaturated/α-hetero) is 1. The highest BCUT2D eigenvalue weighted by Crippen LogP contribution is 2.26. The average Bonchev–Trinajstić information content (AvgIpc) is 2.62. The van der Waals surface area contributed by atoms with Crippen molar-refractivity contribution >= 4 is 23.1 Å². The lowest BCUT2D eigenvalue weighted by atomic mass is 10.2. The van der Waals surface area contributed by atoms with E-state index >= 15 is 0 Å². The van der Waals surface area contributed by atoms with Gasteiger partial charge in [-0.15, -0.1) is 11.3 Å². The van der Waals surface area contributed by atoms with Crippen molar-refractivity contribution in [3.8, 4) is 0 Å². The Hall–Kier alpha value is -1.23. The van der Waals surface area contributed by atoms with E-state index in [0.717, 1.165) is 25.0 Å². The number of aryl methyl sites for hydroxylation is 1. The van der Waals surface area contributed by atoms with Crippen molar-refractivity contribution in [3.05, 3.63) is 15.6 Å². The molecule has 0 radical (unpaired) electrons. The Morgan fingerprint density at radius 3 is 2.94 bits per heavy atom. The Bertz CT molecular complexity index is 425. The van der Waals surface area contributed by atoms with Gasteiger partial charge in [-0.2, -0.15) is 0 Å². The molecule has 0 fully saturated rings. The van der Waals surface area contributed by atoms with Gasteiger partial charge in [-0.05, 0) is 26.2 Å². The van der Waals surface area contributed by atoms with Crippen LogP contribution in [0.4, 0.5) is 0 Å². The van der Waals surface area contributed by atoms with Gasteiger partial charge in [0.05, 0.1) is 17.2 Å². The van der Waals surface area contributed by atoms with Crippen LogP contribution in [0.3, 0.4) is 0 Å². The predicted octanol–water partition coefficient (Wildman–Crippen LogP) is 2.23. The molecule has 1 aliphatic rings. The van der Waals surface area contributed by atoms with Crippen LogP contribution < -0.4 is 0 Å². The first-order valence-corrected chi connectivity index (χ1v) is 6.24. The highest BCUT2D eigenvalue weighted by atomic mass is 32.1. The summed E-state index contributed by atoms with van der Waals surface area (Å²) in [7, 11) is 0. The van der Waals surface area contributed by atoms with Crippen molar-refractivity contribution in [2.75, 3.05) is 6.61 Å². The number of carbonyl (C=O) groups is 2. The SMILES string of the molecule is CCOC(=O)c1nc2c(s1)C(=O)CCCC2. The molecule has 0 aromatic carbocycles. The minimum absolute atomic E-state index is 0.112. The Morgan fingerprint density at radius 1 is 1.44 bits per heavy atom. The van der Waals surface area contributed by atoms with Crippen molar-refractivity contribution in [3.63, 3.8) is 0 Å². The molecular formula is C11H13NO3S. The van der Waals surface area contributed by atoms with E-state index < -0.39 is 5.97 Å². The molecule has 0 amide bonds.